The molecule has 23 nitrogen and oxygen atoms in total. The van der Waals surface area contributed by atoms with Crippen LogP contribution >= 0.6 is 15.4 Å². The van der Waals surface area contributed by atoms with E-state index in [-0.39, 0.29) is 34.0 Å². The molecule has 0 aromatic carbocycles. The molecular weight excluding hydrogens is 650 g/mol. The second-order valence-corrected chi connectivity index (χ2v) is 13.1. The number of aromatic nitrogens is 8. The van der Waals surface area contributed by atoms with Gasteiger partial charge in [-0.15, -0.1) is 0 Å². The van der Waals surface area contributed by atoms with E-state index in [1.54, 1.807) is 0 Å². The molecule has 3 aliphatic rings. The maximum Gasteiger partial charge on any atom is 0.472 e. The summed E-state index contributed by atoms with van der Waals surface area (Å²) in [5.74, 6) is 0.0589. The zero-order valence-electron chi connectivity index (χ0n) is 22.4. The number of nitrogens with zero attached hydrogens (tertiary/aromatic N) is 8. The average molecular weight is 674 g/mol. The number of rotatable bonds is 2. The number of ether oxygens (including phenoxy) is 2. The lowest BCUT2D eigenvalue weighted by Gasteiger charge is -2.26. The molecular formula is C20H24N10O13P2. The van der Waals surface area contributed by atoms with Crippen LogP contribution in [0.5, 0.6) is 0 Å². The molecule has 0 aliphatic carbocycles. The Bertz CT molecular complexity index is 1840. The first kappa shape index (κ1) is 30.4. The van der Waals surface area contributed by atoms with Crippen molar-refractivity contribution in [2.75, 3.05) is 24.4 Å². The highest BCUT2D eigenvalue weighted by Crippen LogP contribution is 2.52. The van der Waals surface area contributed by atoms with Crippen molar-refractivity contribution in [3.8, 4) is 0 Å². The number of nitrogens with two attached hydrogens (primary N) is 2. The summed E-state index contributed by atoms with van der Waals surface area (Å²) >= 11 is 0. The van der Waals surface area contributed by atoms with Gasteiger partial charge in [0.05, 0.1) is 19.3 Å². The molecule has 45 heavy (non-hydrogen) atoms. The number of hydrogen-bond donors (Lipinski definition) is 6. The molecule has 3 saturated heterocycles. The first-order valence-electron chi connectivity index (χ1n) is 12.9. The van der Waals surface area contributed by atoms with Crippen molar-refractivity contribution >= 4 is 49.4 Å². The van der Waals surface area contributed by atoms with E-state index in [1.165, 1.54) is 21.8 Å². The van der Waals surface area contributed by atoms with E-state index < -0.39 is 77.6 Å². The van der Waals surface area contributed by atoms with Gasteiger partial charge in [0.25, 0.3) is 0 Å². The van der Waals surface area contributed by atoms with Crippen LogP contribution < -0.4 is 11.5 Å². The van der Waals surface area contributed by atoms with Crippen molar-refractivity contribution in [3.05, 3.63) is 25.3 Å². The largest absolute Gasteiger partial charge is 0.472 e. The summed E-state index contributed by atoms with van der Waals surface area (Å²) in [7, 11) is -9.88. The van der Waals surface area contributed by atoms with Crippen LogP contribution in [-0.4, -0.2) is 109 Å². The monoisotopic (exact) mass is 674 g/mol. The molecule has 4 unspecified atom stereocenters. The van der Waals surface area contributed by atoms with E-state index in [0.717, 1.165) is 12.7 Å². The minimum atomic E-state index is -5.12. The molecule has 4 aromatic rings. The average Bonchev–Trinajstić information content (AvgIpc) is 3.74. The number of nitrogen functional groups attached to an aromatic ring is 2. The summed E-state index contributed by atoms with van der Waals surface area (Å²) in [5, 5.41) is 22.1. The molecule has 4 aromatic heterocycles. The van der Waals surface area contributed by atoms with Gasteiger partial charge in [0.1, 0.15) is 54.2 Å². The molecule has 0 saturated carbocycles. The van der Waals surface area contributed by atoms with E-state index in [2.05, 4.69) is 29.9 Å². The smallest absolute Gasteiger partial charge is 0.386 e. The van der Waals surface area contributed by atoms with Crippen LogP contribution in [0.4, 0.5) is 11.6 Å². The van der Waals surface area contributed by atoms with E-state index in [9.17, 15) is 29.1 Å². The Morgan fingerprint density at radius 2 is 1.42 bits per heavy atom. The van der Waals surface area contributed by atoms with Gasteiger partial charge in [0, 0.05) is 0 Å². The molecule has 25 heteroatoms. The van der Waals surface area contributed by atoms with Crippen molar-refractivity contribution in [1.29, 1.82) is 0 Å². The van der Waals surface area contributed by atoms with E-state index in [4.69, 9.17) is 44.3 Å². The molecule has 3 aliphatic heterocycles. The summed E-state index contributed by atoms with van der Waals surface area (Å²) in [4.78, 5) is 55.2. The predicted octanol–water partition coefficient (Wildman–Crippen LogP) is -1.70. The van der Waals surface area contributed by atoms with Crippen LogP contribution in [0.25, 0.3) is 22.3 Å². The lowest BCUT2D eigenvalue weighted by atomic mass is 10.1. The fraction of sp³-hybridized carbons (Fsp3) is 0.500. The topological polar surface area (TPSA) is 319 Å². The molecule has 0 spiro atoms. The number of aliphatic hydroxyl groups excluding tert-OH is 2. The fourth-order valence-electron chi connectivity index (χ4n) is 5.10. The molecule has 8 N–H and O–H groups in total. The Hall–Kier alpha value is -3.28. The van der Waals surface area contributed by atoms with Crippen LogP contribution in [0.15, 0.2) is 25.3 Å². The number of anilines is 2. The number of fused-ring (bicyclic) bond motifs is 5. The van der Waals surface area contributed by atoms with E-state index in [1.807, 2.05) is 0 Å². The Morgan fingerprint density at radius 1 is 0.800 bits per heavy atom. The maximum atomic E-state index is 13.2. The third kappa shape index (κ3) is 5.46. The van der Waals surface area contributed by atoms with Crippen molar-refractivity contribution in [2.45, 2.75) is 49.3 Å². The van der Waals surface area contributed by atoms with Gasteiger partial charge in [0.2, 0.25) is 6.29 Å². The molecule has 7 heterocycles. The summed E-state index contributed by atoms with van der Waals surface area (Å²) in [5.41, 5.74) is 12.3. The Kier molecular flexibility index (Phi) is 7.56. The van der Waals surface area contributed by atoms with Crippen molar-refractivity contribution in [1.82, 2.24) is 39.0 Å². The summed E-state index contributed by atoms with van der Waals surface area (Å²) in [6.07, 6.45) is -9.21. The van der Waals surface area contributed by atoms with Crippen LogP contribution in [0, 0.1) is 0 Å². The molecule has 3 fully saturated rings. The second-order valence-electron chi connectivity index (χ2n) is 9.99. The van der Waals surface area contributed by atoms with Gasteiger partial charge in [-0.3, -0.25) is 27.3 Å². The third-order valence-corrected chi connectivity index (χ3v) is 9.11. The molecule has 0 amide bonds. The number of phosphoric ester groups is 1. The van der Waals surface area contributed by atoms with Crippen LogP contribution in [0.3, 0.4) is 0 Å². The van der Waals surface area contributed by atoms with Gasteiger partial charge in [-0.1, -0.05) is 0 Å². The van der Waals surface area contributed by atoms with Gasteiger partial charge in [-0.05, 0) is 0 Å². The standard InChI is InChI=1S/C20H24N10O13P2/c21-14-8-16(25-2-23-14)29(4-27-8)18-10(31)12-7(39-18)1-38-45(35,36)43-13-11(32)20(41-37-6-44(33,34)42-12)40-19(13)30-5-28-9-15(22)24-3-26-17(9)30/h2-5,7,10-13,18-20,31-32H,1,6H2,(H,33,34)(H,35,36)(H2,21,23,25)(H2,22,24,26)/t7-,10+,11?,12?,13+,18-,19-,20-/m1/s1. The second kappa shape index (κ2) is 11.2. The minimum absolute atomic E-state index is 0.0189. The number of phosphoric acid groups is 1. The summed E-state index contributed by atoms with van der Waals surface area (Å²) in [6, 6.07) is 0. The van der Waals surface area contributed by atoms with E-state index in [0.29, 0.717) is 0 Å². The first-order valence-corrected chi connectivity index (χ1v) is 16.2. The van der Waals surface area contributed by atoms with Gasteiger partial charge >= 0.3 is 15.4 Å². The van der Waals surface area contributed by atoms with Crippen LogP contribution in [0.1, 0.15) is 12.5 Å². The van der Waals surface area contributed by atoms with E-state index >= 15 is 0 Å². The fourth-order valence-corrected chi connectivity index (χ4v) is 6.93. The normalized spacial score (nSPS) is 38.0. The Morgan fingerprint density at radius 3 is 2.07 bits per heavy atom. The van der Waals surface area contributed by atoms with Crippen LogP contribution in [0.2, 0.25) is 0 Å². The molecule has 242 valence electrons. The minimum Gasteiger partial charge on any atom is -0.386 e. The molecule has 10 atom stereocenters. The highest BCUT2D eigenvalue weighted by Gasteiger charge is 2.53. The zero-order valence-corrected chi connectivity index (χ0v) is 24.2. The highest BCUT2D eigenvalue weighted by molar-refractivity contribution is 7.52. The van der Waals surface area contributed by atoms with Crippen molar-refractivity contribution < 1.29 is 62.0 Å². The van der Waals surface area contributed by atoms with Crippen LogP contribution in [-0.2, 0) is 42.0 Å². The Balaban J connectivity index is 1.19. The van der Waals surface area contributed by atoms with Gasteiger partial charge in [-0.25, -0.2) is 44.2 Å². The van der Waals surface area contributed by atoms with Crippen molar-refractivity contribution in [2.24, 2.45) is 0 Å². The maximum absolute atomic E-state index is 13.2. The lowest BCUT2D eigenvalue weighted by molar-refractivity contribution is -0.380. The van der Waals surface area contributed by atoms with Gasteiger partial charge in [-0.2, -0.15) is 0 Å². The quantitative estimate of drug-likeness (QED) is 0.102. The highest BCUT2D eigenvalue weighted by atomic mass is 31.2. The first-order chi connectivity index (χ1) is 21.4. The number of imidazole rings is 2. The number of aliphatic hydroxyl groups is 2. The zero-order chi connectivity index (χ0) is 31.7. The Labute approximate surface area is 249 Å². The van der Waals surface area contributed by atoms with Gasteiger partial charge < -0.3 is 40.9 Å². The molecule has 7 rings (SSSR count). The molecule has 0 radical (unpaired) electrons. The summed E-state index contributed by atoms with van der Waals surface area (Å²) < 4.78 is 56.0. The lowest BCUT2D eigenvalue weighted by Crippen LogP contribution is -2.37. The van der Waals surface area contributed by atoms with Gasteiger partial charge in [0.15, 0.2) is 41.7 Å². The SMILES string of the molecule is Nc1ncnc2c1ncn2[C@@H]1O[C@@H]2COP(=O)(O)O[C@H]3C(O)[C@@H](OOCP(=O)(O)OC2[C@@H]1O)O[C@H]3n1cnc2c(N)ncnc21. The van der Waals surface area contributed by atoms with Crippen molar-refractivity contribution in [3.63, 3.8) is 0 Å². The number of hydrogen-bond acceptors (Lipinski definition) is 19. The molecule has 2 bridgehead atoms. The third-order valence-electron chi connectivity index (χ3n) is 7.12. The predicted molar refractivity (Wildman–Crippen MR) is 142 cm³/mol. The summed E-state index contributed by atoms with van der Waals surface area (Å²) in [6.45, 7) is -0.817.